The Labute approximate surface area is 250 Å². The second-order valence-corrected chi connectivity index (χ2v) is 10.2. The summed E-state index contributed by atoms with van der Waals surface area (Å²) in [5.41, 5.74) is 1.92. The molecular weight excluding hydrogens is 556 g/mol. The second-order valence-electron chi connectivity index (χ2n) is 10.2. The average Bonchev–Trinajstić information content (AvgIpc) is 3.04. The Morgan fingerprint density at radius 2 is 0.955 bits per heavy atom. The van der Waals surface area contributed by atoms with Crippen LogP contribution < -0.4 is 10.6 Å². The summed E-state index contributed by atoms with van der Waals surface area (Å²) in [6, 6.07) is 23.8. The standard InChI is InChI=1S/C36H24N2O6/c1-3-19-6-12-24(35(41)42)27(17-19)34(40)38-30-16-10-22-7-13-25-29(15-9-21-8-14-26(30)32(22)31(21)25)37-33(39)23-11-5-20(4-2)18-28(23)36(43)44/h3-18H,1-2H2,(H,37,39)(H,38,40)(H,41,42)(H,43,44). The molecule has 0 aliphatic heterocycles. The minimum Gasteiger partial charge on any atom is -0.478 e. The lowest BCUT2D eigenvalue weighted by molar-refractivity contribution is 0.0683. The van der Waals surface area contributed by atoms with Crippen LogP contribution in [0.15, 0.2) is 98.1 Å². The Bertz CT molecular complexity index is 2220. The van der Waals surface area contributed by atoms with Gasteiger partial charge < -0.3 is 20.8 Å². The smallest absolute Gasteiger partial charge is 0.336 e. The lowest BCUT2D eigenvalue weighted by atomic mass is 9.92. The van der Waals surface area contributed by atoms with Gasteiger partial charge in [-0.05, 0) is 69.1 Å². The van der Waals surface area contributed by atoms with Gasteiger partial charge in [0, 0.05) is 22.1 Å². The van der Waals surface area contributed by atoms with E-state index in [9.17, 15) is 29.4 Å². The number of carbonyl (C=O) groups excluding carboxylic acids is 2. The van der Waals surface area contributed by atoms with Crippen molar-refractivity contribution in [2.24, 2.45) is 0 Å². The van der Waals surface area contributed by atoms with Crippen LogP contribution >= 0.6 is 0 Å². The topological polar surface area (TPSA) is 133 Å². The van der Waals surface area contributed by atoms with Crippen LogP contribution in [0.2, 0.25) is 0 Å². The third-order valence-electron chi connectivity index (χ3n) is 7.67. The van der Waals surface area contributed by atoms with Crippen molar-refractivity contribution in [3.63, 3.8) is 0 Å². The molecule has 0 fully saturated rings. The molecule has 0 radical (unpaired) electrons. The number of hydrogen-bond donors (Lipinski definition) is 4. The summed E-state index contributed by atoms with van der Waals surface area (Å²) < 4.78 is 0. The van der Waals surface area contributed by atoms with E-state index in [1.54, 1.807) is 24.3 Å². The lowest BCUT2D eigenvalue weighted by Crippen LogP contribution is -2.17. The van der Waals surface area contributed by atoms with E-state index in [0.717, 1.165) is 32.3 Å². The van der Waals surface area contributed by atoms with Crippen LogP contribution in [0.4, 0.5) is 11.4 Å². The summed E-state index contributed by atoms with van der Waals surface area (Å²) in [5, 5.41) is 30.1. The molecule has 44 heavy (non-hydrogen) atoms. The van der Waals surface area contributed by atoms with Gasteiger partial charge in [-0.3, -0.25) is 9.59 Å². The largest absolute Gasteiger partial charge is 0.478 e. The predicted octanol–water partition coefficient (Wildman–Crippen LogP) is 7.77. The first-order valence-corrected chi connectivity index (χ1v) is 13.5. The van der Waals surface area contributed by atoms with Gasteiger partial charge in [-0.15, -0.1) is 0 Å². The zero-order valence-corrected chi connectivity index (χ0v) is 23.2. The molecule has 6 aromatic rings. The van der Waals surface area contributed by atoms with Crippen LogP contribution in [0, 0.1) is 0 Å². The fraction of sp³-hybridized carbons (Fsp3) is 0. The third kappa shape index (κ3) is 4.70. The van der Waals surface area contributed by atoms with E-state index in [1.165, 1.54) is 36.4 Å². The fourth-order valence-electron chi connectivity index (χ4n) is 5.53. The van der Waals surface area contributed by atoms with Gasteiger partial charge in [-0.25, -0.2) is 9.59 Å². The molecule has 8 heteroatoms. The van der Waals surface area contributed by atoms with Crippen molar-refractivity contribution in [3.8, 4) is 0 Å². The summed E-state index contributed by atoms with van der Waals surface area (Å²) in [4.78, 5) is 50.4. The number of carbonyl (C=O) groups is 4. The number of hydrogen-bond acceptors (Lipinski definition) is 4. The molecule has 0 saturated carbocycles. The fourth-order valence-corrected chi connectivity index (χ4v) is 5.53. The van der Waals surface area contributed by atoms with Crippen molar-refractivity contribution in [3.05, 3.63) is 131 Å². The summed E-state index contributed by atoms with van der Waals surface area (Å²) in [5.74, 6) is -3.60. The molecule has 6 rings (SSSR count). The van der Waals surface area contributed by atoms with Gasteiger partial charge in [-0.2, -0.15) is 0 Å². The van der Waals surface area contributed by atoms with E-state index in [-0.39, 0.29) is 22.3 Å². The monoisotopic (exact) mass is 580 g/mol. The highest BCUT2D eigenvalue weighted by Gasteiger charge is 2.21. The Morgan fingerprint density at radius 3 is 1.43 bits per heavy atom. The molecule has 8 nitrogen and oxygen atoms in total. The van der Waals surface area contributed by atoms with Crippen molar-refractivity contribution in [1.82, 2.24) is 0 Å². The Kier molecular flexibility index (Phi) is 6.87. The zero-order chi connectivity index (χ0) is 31.1. The Balaban J connectivity index is 1.43. The maximum absolute atomic E-state index is 13.4. The number of anilines is 2. The number of nitrogens with one attached hydrogen (secondary N) is 2. The number of carboxylic acid groups (broad SMARTS) is 2. The SMILES string of the molecule is C=Cc1ccc(C(=O)Nc2ccc3ccc4c(NC(=O)c5cc(C=C)ccc5C(=O)O)ccc5ccc2c3c54)c(C(=O)O)c1. The number of benzene rings is 6. The summed E-state index contributed by atoms with van der Waals surface area (Å²) in [6.07, 6.45) is 3.04. The first-order chi connectivity index (χ1) is 21.2. The van der Waals surface area contributed by atoms with Crippen LogP contribution in [0.5, 0.6) is 0 Å². The van der Waals surface area contributed by atoms with E-state index in [1.807, 2.05) is 36.4 Å². The lowest BCUT2D eigenvalue weighted by Gasteiger charge is -2.17. The van der Waals surface area contributed by atoms with E-state index in [2.05, 4.69) is 23.8 Å². The van der Waals surface area contributed by atoms with Gasteiger partial charge in [0.05, 0.1) is 22.3 Å². The minimum absolute atomic E-state index is 0.00689. The average molecular weight is 581 g/mol. The highest BCUT2D eigenvalue weighted by molar-refractivity contribution is 6.29. The zero-order valence-electron chi connectivity index (χ0n) is 23.2. The van der Waals surface area contributed by atoms with Gasteiger partial charge in [0.15, 0.2) is 0 Å². The number of amides is 2. The van der Waals surface area contributed by atoms with E-state index < -0.39 is 23.8 Å². The molecule has 0 atom stereocenters. The quantitative estimate of drug-likeness (QED) is 0.136. The van der Waals surface area contributed by atoms with E-state index >= 15 is 0 Å². The van der Waals surface area contributed by atoms with Gasteiger partial charge >= 0.3 is 11.9 Å². The van der Waals surface area contributed by atoms with Gasteiger partial charge in [-0.1, -0.05) is 73.8 Å². The van der Waals surface area contributed by atoms with Crippen molar-refractivity contribution in [2.45, 2.75) is 0 Å². The van der Waals surface area contributed by atoms with E-state index in [0.29, 0.717) is 22.5 Å². The molecule has 0 saturated heterocycles. The van der Waals surface area contributed by atoms with Crippen molar-refractivity contribution >= 4 is 79.6 Å². The van der Waals surface area contributed by atoms with Crippen LogP contribution in [-0.2, 0) is 0 Å². The molecule has 214 valence electrons. The van der Waals surface area contributed by atoms with Crippen LogP contribution in [-0.4, -0.2) is 34.0 Å². The third-order valence-corrected chi connectivity index (χ3v) is 7.67. The molecule has 0 spiro atoms. The molecule has 2 amide bonds. The van der Waals surface area contributed by atoms with Gasteiger partial charge in [0.2, 0.25) is 0 Å². The first kappa shape index (κ1) is 27.9. The summed E-state index contributed by atoms with van der Waals surface area (Å²) in [7, 11) is 0. The summed E-state index contributed by atoms with van der Waals surface area (Å²) in [6.45, 7) is 7.36. The molecule has 0 bridgehead atoms. The Hall–Kier alpha value is -6.28. The molecule has 0 aliphatic carbocycles. The van der Waals surface area contributed by atoms with Crippen LogP contribution in [0.3, 0.4) is 0 Å². The molecule has 0 unspecified atom stereocenters. The molecular formula is C36H24N2O6. The second kappa shape index (κ2) is 10.8. The van der Waals surface area contributed by atoms with E-state index in [4.69, 9.17) is 0 Å². The number of rotatable bonds is 8. The Morgan fingerprint density at radius 1 is 0.523 bits per heavy atom. The maximum Gasteiger partial charge on any atom is 0.336 e. The summed E-state index contributed by atoms with van der Waals surface area (Å²) >= 11 is 0. The van der Waals surface area contributed by atoms with Crippen LogP contribution in [0.25, 0.3) is 44.5 Å². The molecule has 6 aromatic carbocycles. The molecule has 4 N–H and O–H groups in total. The molecule has 0 aliphatic rings. The van der Waals surface area contributed by atoms with Crippen LogP contribution in [0.1, 0.15) is 52.6 Å². The van der Waals surface area contributed by atoms with Crippen molar-refractivity contribution < 1.29 is 29.4 Å². The normalized spacial score (nSPS) is 11.0. The van der Waals surface area contributed by atoms with Gasteiger partial charge in [0.25, 0.3) is 11.8 Å². The molecule has 0 aromatic heterocycles. The predicted molar refractivity (Wildman–Crippen MR) is 173 cm³/mol. The van der Waals surface area contributed by atoms with Crippen molar-refractivity contribution in [1.29, 1.82) is 0 Å². The minimum atomic E-state index is -1.23. The maximum atomic E-state index is 13.4. The highest BCUT2D eigenvalue weighted by atomic mass is 16.4. The highest BCUT2D eigenvalue weighted by Crippen LogP contribution is 2.40. The number of carboxylic acids is 2. The number of aromatic carboxylic acids is 2. The van der Waals surface area contributed by atoms with Crippen molar-refractivity contribution in [2.75, 3.05) is 10.6 Å². The van der Waals surface area contributed by atoms with Gasteiger partial charge in [0.1, 0.15) is 0 Å². The molecule has 0 heterocycles. The first-order valence-electron chi connectivity index (χ1n) is 13.5.